The van der Waals surface area contributed by atoms with Crippen molar-refractivity contribution in [3.63, 3.8) is 0 Å². The van der Waals surface area contributed by atoms with Crippen LogP contribution < -0.4 is 0 Å². The van der Waals surface area contributed by atoms with E-state index in [1.165, 1.54) is 5.56 Å². The molecule has 0 unspecified atom stereocenters. The number of piperidine rings is 1. The Kier molecular flexibility index (Phi) is 5.24. The summed E-state index contributed by atoms with van der Waals surface area (Å²) in [5.74, 6) is -0.913. The highest BCUT2D eigenvalue weighted by Gasteiger charge is 2.37. The smallest absolute Gasteiger partial charge is 0.295 e. The maximum atomic E-state index is 13.0. The van der Waals surface area contributed by atoms with E-state index in [0.717, 1.165) is 23.0 Å². The second-order valence-electron chi connectivity index (χ2n) is 8.11. The monoisotopic (exact) mass is 390 g/mol. The van der Waals surface area contributed by atoms with Gasteiger partial charge in [0.05, 0.1) is 5.56 Å². The second-order valence-corrected chi connectivity index (χ2v) is 8.11. The third-order valence-electron chi connectivity index (χ3n) is 6.18. The molecule has 4 rings (SSSR count). The number of para-hydroxylation sites is 1. The van der Waals surface area contributed by atoms with E-state index in [1.807, 2.05) is 49.4 Å². The first kappa shape index (κ1) is 19.4. The zero-order valence-electron chi connectivity index (χ0n) is 16.6. The summed E-state index contributed by atoms with van der Waals surface area (Å²) in [5, 5.41) is 10.9. The van der Waals surface area contributed by atoms with Crippen LogP contribution in [0.1, 0.15) is 34.5 Å². The van der Waals surface area contributed by atoms with Crippen LogP contribution in [0.3, 0.4) is 0 Å². The van der Waals surface area contributed by atoms with Gasteiger partial charge in [0.25, 0.3) is 11.7 Å². The Hall–Kier alpha value is -2.92. The molecule has 3 aromatic rings. The number of H-pyrrole nitrogens is 1. The van der Waals surface area contributed by atoms with Gasteiger partial charge in [0.1, 0.15) is 0 Å². The Morgan fingerprint density at radius 2 is 1.69 bits per heavy atom. The van der Waals surface area contributed by atoms with Gasteiger partial charge in [-0.3, -0.25) is 9.59 Å². The van der Waals surface area contributed by atoms with E-state index >= 15 is 0 Å². The summed E-state index contributed by atoms with van der Waals surface area (Å²) in [6, 6.07) is 17.7. The Morgan fingerprint density at radius 3 is 2.38 bits per heavy atom. The lowest BCUT2D eigenvalue weighted by atomic mass is 9.74. The zero-order chi connectivity index (χ0) is 20.4. The number of hydrogen-bond acceptors (Lipinski definition) is 3. The topological polar surface area (TPSA) is 73.4 Å². The fraction of sp³-hybridized carbons (Fsp3) is 0.333. The molecule has 29 heavy (non-hydrogen) atoms. The lowest BCUT2D eigenvalue weighted by Crippen LogP contribution is -2.47. The summed E-state index contributed by atoms with van der Waals surface area (Å²) in [5.41, 5.74) is 3.00. The number of benzene rings is 2. The van der Waals surface area contributed by atoms with E-state index in [0.29, 0.717) is 31.5 Å². The van der Waals surface area contributed by atoms with Crippen molar-refractivity contribution in [1.82, 2.24) is 9.88 Å². The fourth-order valence-corrected chi connectivity index (χ4v) is 4.42. The number of aliphatic hydroxyl groups is 1. The van der Waals surface area contributed by atoms with E-state index in [-0.39, 0.29) is 12.0 Å². The number of hydrogen-bond donors (Lipinski definition) is 2. The van der Waals surface area contributed by atoms with Gasteiger partial charge in [-0.25, -0.2) is 0 Å². The van der Waals surface area contributed by atoms with Crippen molar-refractivity contribution in [2.24, 2.45) is 5.41 Å². The molecular formula is C24H26N2O3. The number of aromatic amines is 1. The predicted octanol–water partition coefficient (Wildman–Crippen LogP) is 3.50. The van der Waals surface area contributed by atoms with Crippen LogP contribution in [0.4, 0.5) is 0 Å². The maximum absolute atomic E-state index is 13.0. The first-order valence-electron chi connectivity index (χ1n) is 10.1. The van der Waals surface area contributed by atoms with E-state index in [4.69, 9.17) is 0 Å². The third-order valence-corrected chi connectivity index (χ3v) is 6.18. The van der Waals surface area contributed by atoms with Crippen molar-refractivity contribution < 1.29 is 14.7 Å². The van der Waals surface area contributed by atoms with Crippen molar-refractivity contribution in [2.75, 3.05) is 19.7 Å². The number of aliphatic hydroxyl groups excluding tert-OH is 1. The number of rotatable bonds is 5. The highest BCUT2D eigenvalue weighted by atomic mass is 16.3. The summed E-state index contributed by atoms with van der Waals surface area (Å²) in [7, 11) is 0. The summed E-state index contributed by atoms with van der Waals surface area (Å²) < 4.78 is 0. The number of nitrogens with one attached hydrogen (secondary N) is 1. The molecule has 1 saturated heterocycles. The number of Topliss-reactive ketones (excluding diaryl/α,β-unsaturated/α-hetero) is 1. The molecule has 2 aromatic carbocycles. The van der Waals surface area contributed by atoms with Crippen molar-refractivity contribution in [3.8, 4) is 0 Å². The van der Waals surface area contributed by atoms with Gasteiger partial charge >= 0.3 is 0 Å². The third kappa shape index (κ3) is 3.70. The largest absolute Gasteiger partial charge is 0.396 e. The molecule has 1 aliphatic rings. The maximum Gasteiger partial charge on any atom is 0.295 e. The molecule has 150 valence electrons. The number of ketones is 1. The molecule has 0 radical (unpaired) electrons. The fourth-order valence-electron chi connectivity index (χ4n) is 4.42. The molecule has 2 N–H and O–H groups in total. The van der Waals surface area contributed by atoms with Gasteiger partial charge in [-0.2, -0.15) is 0 Å². The van der Waals surface area contributed by atoms with Crippen molar-refractivity contribution in [2.45, 2.75) is 26.2 Å². The van der Waals surface area contributed by atoms with Gasteiger partial charge < -0.3 is 15.0 Å². The number of fused-ring (bicyclic) bond motifs is 1. The lowest BCUT2D eigenvalue weighted by Gasteiger charge is -2.40. The van der Waals surface area contributed by atoms with Crippen molar-refractivity contribution in [1.29, 1.82) is 0 Å². The molecule has 1 aliphatic heterocycles. The molecule has 5 nitrogen and oxygen atoms in total. The molecule has 0 bridgehead atoms. The average Bonchev–Trinajstić information content (AvgIpc) is 3.09. The van der Waals surface area contributed by atoms with Crippen LogP contribution in [0.5, 0.6) is 0 Å². The van der Waals surface area contributed by atoms with E-state index < -0.39 is 11.7 Å². The number of aryl methyl sites for hydroxylation is 1. The number of carbonyl (C=O) groups excluding carboxylic acids is 2. The Bertz CT molecular complexity index is 1030. The van der Waals surface area contributed by atoms with E-state index in [2.05, 4.69) is 17.1 Å². The summed E-state index contributed by atoms with van der Waals surface area (Å²) >= 11 is 0. The van der Waals surface area contributed by atoms with Crippen LogP contribution in [0.15, 0.2) is 54.6 Å². The lowest BCUT2D eigenvalue weighted by molar-refractivity contribution is -0.129. The molecule has 0 atom stereocenters. The Balaban J connectivity index is 1.48. The highest BCUT2D eigenvalue weighted by molar-refractivity contribution is 6.45. The van der Waals surface area contributed by atoms with Gasteiger partial charge in [-0.05, 0) is 37.8 Å². The first-order valence-corrected chi connectivity index (χ1v) is 10.1. The summed E-state index contributed by atoms with van der Waals surface area (Å²) in [4.78, 5) is 30.8. The van der Waals surface area contributed by atoms with Gasteiger partial charge in [0.15, 0.2) is 0 Å². The Morgan fingerprint density at radius 1 is 1.03 bits per heavy atom. The minimum absolute atomic E-state index is 0.0828. The van der Waals surface area contributed by atoms with Gasteiger partial charge in [-0.15, -0.1) is 0 Å². The van der Waals surface area contributed by atoms with Crippen LogP contribution in [0.2, 0.25) is 0 Å². The molecule has 5 heteroatoms. The number of nitrogens with zero attached hydrogens (tertiary/aromatic N) is 1. The second kappa shape index (κ2) is 7.84. The van der Waals surface area contributed by atoms with Crippen molar-refractivity contribution >= 4 is 22.6 Å². The normalized spacial score (nSPS) is 16.1. The SMILES string of the molecule is Cc1[nH]c2ccccc2c1C(=O)C(=O)N1CCC(CO)(Cc2ccccc2)CC1. The highest BCUT2D eigenvalue weighted by Crippen LogP contribution is 2.35. The number of likely N-dealkylation sites (tertiary alicyclic amines) is 1. The number of amides is 1. The van der Waals surface area contributed by atoms with E-state index in [1.54, 1.807) is 4.90 Å². The van der Waals surface area contributed by atoms with Crippen LogP contribution in [-0.4, -0.2) is 46.4 Å². The van der Waals surface area contributed by atoms with Crippen LogP contribution in [0, 0.1) is 12.3 Å². The van der Waals surface area contributed by atoms with Crippen molar-refractivity contribution in [3.05, 3.63) is 71.4 Å². The Labute approximate surface area is 170 Å². The van der Waals surface area contributed by atoms with Gasteiger partial charge in [0.2, 0.25) is 0 Å². The standard InChI is InChI=1S/C24H26N2O3/c1-17-21(19-9-5-6-10-20(19)25-17)22(28)23(29)26-13-11-24(16-27,12-14-26)15-18-7-3-2-4-8-18/h2-10,25,27H,11-16H2,1H3. The molecule has 1 fully saturated rings. The minimum Gasteiger partial charge on any atom is -0.396 e. The van der Waals surface area contributed by atoms with Gasteiger partial charge in [0, 0.05) is 41.7 Å². The number of carbonyl (C=O) groups is 2. The summed E-state index contributed by atoms with van der Waals surface area (Å²) in [6.07, 6.45) is 2.15. The number of aromatic nitrogens is 1. The molecule has 0 saturated carbocycles. The summed E-state index contributed by atoms with van der Waals surface area (Å²) in [6.45, 7) is 2.88. The first-order chi connectivity index (χ1) is 14.0. The molecule has 0 aliphatic carbocycles. The molecular weight excluding hydrogens is 364 g/mol. The van der Waals surface area contributed by atoms with Crippen LogP contribution in [0.25, 0.3) is 10.9 Å². The van der Waals surface area contributed by atoms with E-state index in [9.17, 15) is 14.7 Å². The van der Waals surface area contributed by atoms with Crippen LogP contribution >= 0.6 is 0 Å². The molecule has 1 amide bonds. The quantitative estimate of drug-likeness (QED) is 0.517. The zero-order valence-corrected chi connectivity index (χ0v) is 16.6. The van der Waals surface area contributed by atoms with Crippen LogP contribution in [-0.2, 0) is 11.2 Å². The molecule has 1 aromatic heterocycles. The molecule has 2 heterocycles. The minimum atomic E-state index is -0.459. The van der Waals surface area contributed by atoms with Gasteiger partial charge in [-0.1, -0.05) is 48.5 Å². The average molecular weight is 390 g/mol. The molecule has 0 spiro atoms. The predicted molar refractivity (Wildman–Crippen MR) is 113 cm³/mol.